The third-order valence-corrected chi connectivity index (χ3v) is 4.95. The van der Waals surface area contributed by atoms with Gasteiger partial charge in [0.05, 0.1) is 22.1 Å². The van der Waals surface area contributed by atoms with E-state index in [0.717, 1.165) is 25.7 Å². The number of carbonyl (C=O) groups is 2. The van der Waals surface area contributed by atoms with Gasteiger partial charge in [-0.25, -0.2) is 4.79 Å². The fourth-order valence-corrected chi connectivity index (χ4v) is 3.85. The molecule has 19 heavy (non-hydrogen) atoms. The van der Waals surface area contributed by atoms with Crippen LogP contribution in [0.2, 0.25) is 0 Å². The Kier molecular flexibility index (Phi) is 3.06. The van der Waals surface area contributed by atoms with Crippen molar-refractivity contribution in [3.8, 4) is 0 Å². The molecule has 1 amide bonds. The van der Waals surface area contributed by atoms with E-state index in [1.807, 2.05) is 0 Å². The smallest absolute Gasteiger partial charge is 0.336 e. The van der Waals surface area contributed by atoms with Crippen molar-refractivity contribution in [2.24, 2.45) is 5.41 Å². The molecule has 2 N–H and O–H groups in total. The first-order valence-corrected chi connectivity index (χ1v) is 7.25. The second-order valence-corrected chi connectivity index (χ2v) is 6.03. The van der Waals surface area contributed by atoms with E-state index in [4.69, 9.17) is 9.84 Å². The van der Waals surface area contributed by atoms with Gasteiger partial charge in [-0.05, 0) is 31.7 Å². The van der Waals surface area contributed by atoms with E-state index in [2.05, 4.69) is 5.32 Å². The number of fused-ring (bicyclic) bond motifs is 1. The minimum Gasteiger partial charge on any atom is -0.478 e. The predicted molar refractivity (Wildman–Crippen MR) is 70.5 cm³/mol. The molecule has 1 saturated carbocycles. The molecule has 1 aliphatic carbocycles. The van der Waals surface area contributed by atoms with Crippen molar-refractivity contribution in [2.75, 3.05) is 11.9 Å². The molecule has 2 fully saturated rings. The molecule has 1 aromatic heterocycles. The van der Waals surface area contributed by atoms with Crippen LogP contribution < -0.4 is 5.32 Å². The normalized spacial score (nSPS) is 29.2. The molecule has 102 valence electrons. The maximum Gasteiger partial charge on any atom is 0.336 e. The van der Waals surface area contributed by atoms with E-state index < -0.39 is 11.4 Å². The van der Waals surface area contributed by atoms with Gasteiger partial charge in [-0.3, -0.25) is 4.79 Å². The Morgan fingerprint density at radius 2 is 2.32 bits per heavy atom. The fraction of sp³-hybridized carbons (Fsp3) is 0.538. The molecule has 0 unspecified atom stereocenters. The third-order valence-electron chi connectivity index (χ3n) is 4.11. The van der Waals surface area contributed by atoms with E-state index in [-0.39, 0.29) is 17.6 Å². The summed E-state index contributed by atoms with van der Waals surface area (Å²) in [5.41, 5.74) is -0.184. The highest BCUT2D eigenvalue weighted by atomic mass is 32.1. The molecule has 0 bridgehead atoms. The summed E-state index contributed by atoms with van der Waals surface area (Å²) in [6, 6.07) is 1.50. The maximum atomic E-state index is 12.5. The van der Waals surface area contributed by atoms with Gasteiger partial charge in [-0.2, -0.15) is 0 Å². The zero-order valence-electron chi connectivity index (χ0n) is 10.3. The van der Waals surface area contributed by atoms with Crippen LogP contribution in [0.15, 0.2) is 11.4 Å². The average Bonchev–Trinajstić information content (AvgIpc) is 3.01. The van der Waals surface area contributed by atoms with Crippen LogP contribution in [0.1, 0.15) is 36.0 Å². The maximum absolute atomic E-state index is 12.5. The van der Waals surface area contributed by atoms with E-state index in [9.17, 15) is 9.59 Å². The molecule has 6 heteroatoms. The van der Waals surface area contributed by atoms with Gasteiger partial charge < -0.3 is 15.2 Å². The second-order valence-electron chi connectivity index (χ2n) is 5.12. The van der Waals surface area contributed by atoms with Crippen LogP contribution >= 0.6 is 11.3 Å². The lowest BCUT2D eigenvalue weighted by Crippen LogP contribution is -2.38. The van der Waals surface area contributed by atoms with Crippen molar-refractivity contribution in [1.82, 2.24) is 0 Å². The van der Waals surface area contributed by atoms with E-state index in [1.54, 1.807) is 0 Å². The summed E-state index contributed by atoms with van der Waals surface area (Å²) in [7, 11) is 0. The molecule has 0 spiro atoms. The quantitative estimate of drug-likeness (QED) is 0.891. The lowest BCUT2D eigenvalue weighted by atomic mass is 9.82. The number of thiophene rings is 1. The number of anilines is 1. The van der Waals surface area contributed by atoms with E-state index in [1.165, 1.54) is 22.8 Å². The molecular formula is C13H15NO4S. The number of hydrogen-bond donors (Lipinski definition) is 2. The van der Waals surface area contributed by atoms with Crippen LogP contribution in [0.5, 0.6) is 0 Å². The predicted octanol–water partition coefficient (Wildman–Crippen LogP) is 2.34. The van der Waals surface area contributed by atoms with Gasteiger partial charge in [-0.15, -0.1) is 11.3 Å². The largest absolute Gasteiger partial charge is 0.478 e. The lowest BCUT2D eigenvalue weighted by molar-refractivity contribution is -0.127. The van der Waals surface area contributed by atoms with Gasteiger partial charge in [0, 0.05) is 12.0 Å². The number of carboxylic acid groups (broad SMARTS) is 1. The fourth-order valence-electron chi connectivity index (χ4n) is 3.08. The van der Waals surface area contributed by atoms with Crippen LogP contribution in [-0.4, -0.2) is 29.7 Å². The molecule has 1 aliphatic heterocycles. The van der Waals surface area contributed by atoms with Crippen LogP contribution in [0, 0.1) is 5.41 Å². The van der Waals surface area contributed by atoms with E-state index >= 15 is 0 Å². The minimum absolute atomic E-state index is 0.0220. The second kappa shape index (κ2) is 4.61. The van der Waals surface area contributed by atoms with Crippen molar-refractivity contribution < 1.29 is 19.4 Å². The average molecular weight is 281 g/mol. The number of ether oxygens (including phenoxy) is 1. The number of rotatable bonds is 3. The summed E-state index contributed by atoms with van der Waals surface area (Å²) in [4.78, 5) is 23.3. The monoisotopic (exact) mass is 281 g/mol. The van der Waals surface area contributed by atoms with Crippen molar-refractivity contribution >= 4 is 28.2 Å². The molecule has 1 aromatic rings. The Bertz CT molecular complexity index is 514. The number of carbonyl (C=O) groups excluding carboxylic acids is 1. The van der Waals surface area contributed by atoms with Gasteiger partial charge in [0.15, 0.2) is 0 Å². The van der Waals surface area contributed by atoms with Crippen LogP contribution in [0.4, 0.5) is 5.00 Å². The van der Waals surface area contributed by atoms with Crippen LogP contribution in [-0.2, 0) is 9.53 Å². The zero-order valence-corrected chi connectivity index (χ0v) is 11.2. The summed E-state index contributed by atoms with van der Waals surface area (Å²) < 4.78 is 5.63. The summed E-state index contributed by atoms with van der Waals surface area (Å²) in [5.74, 6) is -0.996. The number of aromatic carboxylic acids is 1. The molecule has 0 radical (unpaired) electrons. The highest BCUT2D eigenvalue weighted by molar-refractivity contribution is 7.14. The Morgan fingerprint density at radius 1 is 1.47 bits per heavy atom. The SMILES string of the molecule is O=C(O)c1csc(NC(=O)[C@]23CCC[C@H]2OCC3)c1. The Hall–Kier alpha value is -1.40. The zero-order chi connectivity index (χ0) is 13.5. The number of nitrogens with one attached hydrogen (secondary N) is 1. The molecular weight excluding hydrogens is 266 g/mol. The van der Waals surface area contributed by atoms with Crippen molar-refractivity contribution in [3.05, 3.63) is 17.0 Å². The molecule has 0 aromatic carbocycles. The highest BCUT2D eigenvalue weighted by Gasteiger charge is 2.52. The van der Waals surface area contributed by atoms with Gasteiger partial charge in [-0.1, -0.05) is 0 Å². The summed E-state index contributed by atoms with van der Waals surface area (Å²) in [6.45, 7) is 0.642. The molecule has 5 nitrogen and oxygen atoms in total. The molecule has 1 saturated heterocycles. The van der Waals surface area contributed by atoms with Crippen LogP contribution in [0.3, 0.4) is 0 Å². The number of carboxylic acids is 1. The summed E-state index contributed by atoms with van der Waals surface area (Å²) in [5, 5.41) is 13.9. The minimum atomic E-state index is -0.974. The van der Waals surface area contributed by atoms with Crippen LogP contribution in [0.25, 0.3) is 0 Å². The van der Waals surface area contributed by atoms with Crippen molar-refractivity contribution in [2.45, 2.75) is 31.8 Å². The Morgan fingerprint density at radius 3 is 3.05 bits per heavy atom. The molecule has 2 aliphatic rings. The number of hydrogen-bond acceptors (Lipinski definition) is 4. The van der Waals surface area contributed by atoms with Gasteiger partial charge >= 0.3 is 5.97 Å². The molecule has 3 rings (SSSR count). The van der Waals surface area contributed by atoms with E-state index in [0.29, 0.717) is 11.6 Å². The van der Waals surface area contributed by atoms with Crippen molar-refractivity contribution in [1.29, 1.82) is 0 Å². The highest BCUT2D eigenvalue weighted by Crippen LogP contribution is 2.48. The van der Waals surface area contributed by atoms with Gasteiger partial charge in [0.25, 0.3) is 0 Å². The third kappa shape index (κ3) is 2.04. The first-order chi connectivity index (χ1) is 9.12. The Balaban J connectivity index is 1.75. The molecule has 2 atom stereocenters. The standard InChI is InChI=1S/C13H15NO4S/c15-11(16)8-6-10(19-7-8)14-12(17)13-3-1-2-9(13)18-5-4-13/h6-7,9H,1-5H2,(H,14,17)(H,15,16)/t9-,13+/m1/s1. The van der Waals surface area contributed by atoms with Gasteiger partial charge in [0.2, 0.25) is 5.91 Å². The van der Waals surface area contributed by atoms with Crippen molar-refractivity contribution in [3.63, 3.8) is 0 Å². The molecule has 2 heterocycles. The first-order valence-electron chi connectivity index (χ1n) is 6.37. The lowest BCUT2D eigenvalue weighted by Gasteiger charge is -2.25. The summed E-state index contributed by atoms with van der Waals surface area (Å²) >= 11 is 1.24. The summed E-state index contributed by atoms with van der Waals surface area (Å²) in [6.07, 6.45) is 3.62. The topological polar surface area (TPSA) is 75.6 Å². The van der Waals surface area contributed by atoms with Gasteiger partial charge in [0.1, 0.15) is 0 Å². The first kappa shape index (κ1) is 12.6. The Labute approximate surface area is 114 Å². The number of amides is 1.